The molecule has 1 aromatic rings. The van der Waals surface area contributed by atoms with Crippen LogP contribution in [0.1, 0.15) is 34.1 Å². The van der Waals surface area contributed by atoms with Gasteiger partial charge >= 0.3 is 7.12 Å². The van der Waals surface area contributed by atoms with Gasteiger partial charge in [-0.2, -0.15) is 11.3 Å². The number of rotatable bonds is 1. The average Bonchev–Trinajstić information content (AvgIpc) is 2.48. The van der Waals surface area contributed by atoms with Crippen molar-refractivity contribution in [1.29, 1.82) is 0 Å². The summed E-state index contributed by atoms with van der Waals surface area (Å²) in [6.07, 6.45) is 0.919. The highest BCUT2D eigenvalue weighted by molar-refractivity contribution is 7.20. The Morgan fingerprint density at radius 1 is 1.20 bits per heavy atom. The lowest BCUT2D eigenvalue weighted by atomic mass is 9.77. The van der Waals surface area contributed by atoms with Crippen molar-refractivity contribution in [1.82, 2.24) is 0 Å². The van der Waals surface area contributed by atoms with Gasteiger partial charge in [0, 0.05) is 11.2 Å². The zero-order chi connectivity index (χ0) is 11.1. The summed E-state index contributed by atoms with van der Waals surface area (Å²) < 4.78 is 13.0. The first kappa shape index (κ1) is 11.2. The van der Waals surface area contributed by atoms with Gasteiger partial charge in [0.25, 0.3) is 0 Å². The fraction of sp³-hybridized carbons (Fsp3) is 0.636. The first-order valence-electron chi connectivity index (χ1n) is 5.27. The molecular weight excluding hydrogens is 207 g/mol. The minimum atomic E-state index is -0.205. The summed E-state index contributed by atoms with van der Waals surface area (Å²) in [4.78, 5) is 0. The molecule has 4 heteroatoms. The van der Waals surface area contributed by atoms with Crippen LogP contribution >= 0.6 is 11.3 Å². The molecule has 1 saturated heterocycles. The molecule has 2 heterocycles. The second kappa shape index (κ2) is 3.61. The van der Waals surface area contributed by atoms with E-state index < -0.39 is 0 Å². The summed E-state index contributed by atoms with van der Waals surface area (Å²) in [5.41, 5.74) is -0.229. The van der Waals surface area contributed by atoms with Crippen LogP contribution in [0.3, 0.4) is 0 Å². The van der Waals surface area contributed by atoms with Gasteiger partial charge in [-0.15, -0.1) is 0 Å². The molecule has 0 bridgehead atoms. The van der Waals surface area contributed by atoms with E-state index in [4.69, 9.17) is 9.31 Å². The third-order valence-corrected chi connectivity index (χ3v) is 3.37. The van der Waals surface area contributed by atoms with Crippen LogP contribution in [0.5, 0.6) is 0 Å². The van der Waals surface area contributed by atoms with Crippen LogP contribution in [0.2, 0.25) is 0 Å². The first-order chi connectivity index (χ1) is 6.88. The smallest absolute Gasteiger partial charge is 0.402 e. The molecule has 1 fully saturated rings. The van der Waals surface area contributed by atoms with Crippen molar-refractivity contribution >= 4 is 23.2 Å². The van der Waals surface area contributed by atoms with Gasteiger partial charge in [-0.05, 0) is 33.1 Å². The number of hydrogen-bond donors (Lipinski definition) is 0. The number of thiophene rings is 1. The Hall–Kier alpha value is -0.315. The van der Waals surface area contributed by atoms with E-state index in [0.29, 0.717) is 0 Å². The van der Waals surface area contributed by atoms with E-state index in [-0.39, 0.29) is 18.3 Å². The first-order valence-corrected chi connectivity index (χ1v) is 6.15. The molecule has 0 atom stereocenters. The minimum absolute atomic E-state index is 0.115. The molecule has 0 spiro atoms. The molecule has 0 amide bonds. The molecule has 0 saturated carbocycles. The molecule has 1 aromatic heterocycles. The molecule has 1 aliphatic rings. The summed E-state index contributed by atoms with van der Waals surface area (Å²) in [6.45, 7) is 8.49. The van der Waals surface area contributed by atoms with Crippen molar-refractivity contribution in [3.63, 3.8) is 0 Å². The summed E-state index contributed by atoms with van der Waals surface area (Å²) >= 11 is 1.68. The van der Waals surface area contributed by atoms with Gasteiger partial charge in [0.1, 0.15) is 0 Å². The maximum absolute atomic E-state index is 5.94. The second-order valence-electron chi connectivity index (χ2n) is 5.28. The van der Waals surface area contributed by atoms with Crippen molar-refractivity contribution in [3.05, 3.63) is 17.5 Å². The van der Waals surface area contributed by atoms with Crippen LogP contribution in [0, 0.1) is 0 Å². The van der Waals surface area contributed by atoms with E-state index in [2.05, 4.69) is 39.1 Å². The molecule has 0 N–H and O–H groups in total. The van der Waals surface area contributed by atoms with Crippen molar-refractivity contribution in [2.75, 3.05) is 0 Å². The normalized spacial score (nSPS) is 24.1. The van der Waals surface area contributed by atoms with E-state index in [1.54, 1.807) is 11.3 Å². The lowest BCUT2D eigenvalue weighted by molar-refractivity contribution is -0.0713. The quantitative estimate of drug-likeness (QED) is 0.682. The lowest BCUT2D eigenvalue weighted by Gasteiger charge is -2.43. The molecule has 0 aliphatic carbocycles. The predicted molar refractivity (Wildman–Crippen MR) is 64.7 cm³/mol. The third kappa shape index (κ3) is 2.62. The van der Waals surface area contributed by atoms with Gasteiger partial charge in [-0.25, -0.2) is 0 Å². The Morgan fingerprint density at radius 3 is 2.27 bits per heavy atom. The molecule has 15 heavy (non-hydrogen) atoms. The Bertz CT molecular complexity index is 316. The van der Waals surface area contributed by atoms with E-state index >= 15 is 0 Å². The average molecular weight is 224 g/mol. The van der Waals surface area contributed by atoms with Crippen LogP contribution in [-0.4, -0.2) is 18.3 Å². The topological polar surface area (TPSA) is 18.5 Å². The molecular formula is C11H17BO2S. The standard InChI is InChI=1S/C11H17BO2S/c1-10(2)8-11(3,4)14-12(13-10)9-6-5-7-15-9/h5-7H,8H2,1-4H3. The zero-order valence-corrected chi connectivity index (χ0v) is 10.6. The minimum Gasteiger partial charge on any atom is -0.402 e. The largest absolute Gasteiger partial charge is 0.505 e. The van der Waals surface area contributed by atoms with Crippen LogP contribution in [0.25, 0.3) is 0 Å². The third-order valence-electron chi connectivity index (χ3n) is 2.48. The van der Waals surface area contributed by atoms with Crippen molar-refractivity contribution in [2.24, 2.45) is 0 Å². The SMILES string of the molecule is CC1(C)CC(C)(C)OB(c2cccs2)O1. The van der Waals surface area contributed by atoms with E-state index in [1.165, 1.54) is 0 Å². The monoisotopic (exact) mass is 224 g/mol. The van der Waals surface area contributed by atoms with Gasteiger partial charge in [0.15, 0.2) is 0 Å². The molecule has 1 aliphatic heterocycles. The van der Waals surface area contributed by atoms with E-state index in [9.17, 15) is 0 Å². The fourth-order valence-electron chi connectivity index (χ4n) is 2.25. The van der Waals surface area contributed by atoms with Gasteiger partial charge in [0.2, 0.25) is 0 Å². The molecule has 2 nitrogen and oxygen atoms in total. The number of hydrogen-bond acceptors (Lipinski definition) is 3. The van der Waals surface area contributed by atoms with Gasteiger partial charge in [-0.3, -0.25) is 0 Å². The van der Waals surface area contributed by atoms with Crippen LogP contribution in [0.15, 0.2) is 17.5 Å². The van der Waals surface area contributed by atoms with Crippen molar-refractivity contribution < 1.29 is 9.31 Å². The summed E-state index contributed by atoms with van der Waals surface area (Å²) in [7, 11) is -0.205. The molecule has 0 radical (unpaired) electrons. The van der Waals surface area contributed by atoms with Crippen LogP contribution in [0.4, 0.5) is 0 Å². The van der Waals surface area contributed by atoms with E-state index in [1.807, 2.05) is 6.07 Å². The van der Waals surface area contributed by atoms with Crippen molar-refractivity contribution in [3.8, 4) is 0 Å². The zero-order valence-electron chi connectivity index (χ0n) is 9.74. The van der Waals surface area contributed by atoms with Crippen molar-refractivity contribution in [2.45, 2.75) is 45.3 Å². The van der Waals surface area contributed by atoms with E-state index in [0.717, 1.165) is 11.2 Å². The molecule has 0 aromatic carbocycles. The molecule has 0 unspecified atom stereocenters. The predicted octanol–water partition coefficient (Wildman–Crippen LogP) is 2.44. The highest BCUT2D eigenvalue weighted by atomic mass is 32.1. The molecule has 2 rings (SSSR count). The Balaban J connectivity index is 2.21. The lowest BCUT2D eigenvalue weighted by Crippen LogP contribution is -2.55. The maximum Gasteiger partial charge on any atom is 0.505 e. The Morgan fingerprint density at radius 2 is 1.80 bits per heavy atom. The van der Waals surface area contributed by atoms with Gasteiger partial charge in [-0.1, -0.05) is 12.1 Å². The van der Waals surface area contributed by atoms with Crippen LogP contribution < -0.4 is 4.78 Å². The van der Waals surface area contributed by atoms with Crippen LogP contribution in [-0.2, 0) is 9.31 Å². The van der Waals surface area contributed by atoms with Gasteiger partial charge < -0.3 is 9.31 Å². The fourth-order valence-corrected chi connectivity index (χ4v) is 2.93. The summed E-state index contributed by atoms with van der Waals surface area (Å²) in [5.74, 6) is 0. The summed E-state index contributed by atoms with van der Waals surface area (Å²) in [5, 5.41) is 2.05. The Labute approximate surface area is 95.7 Å². The Kier molecular flexibility index (Phi) is 2.69. The second-order valence-corrected chi connectivity index (χ2v) is 6.26. The molecule has 82 valence electrons. The highest BCUT2D eigenvalue weighted by Gasteiger charge is 2.43. The van der Waals surface area contributed by atoms with Gasteiger partial charge in [0.05, 0.1) is 11.2 Å². The highest BCUT2D eigenvalue weighted by Crippen LogP contribution is 2.33. The summed E-state index contributed by atoms with van der Waals surface area (Å²) in [6, 6.07) is 4.09. The maximum atomic E-state index is 5.94.